The lowest BCUT2D eigenvalue weighted by molar-refractivity contribution is 0.0948. The van der Waals surface area contributed by atoms with Gasteiger partial charge in [0.05, 0.1) is 24.5 Å². The molecule has 14 heteroatoms. The lowest BCUT2D eigenvalue weighted by Gasteiger charge is -2.22. The summed E-state index contributed by atoms with van der Waals surface area (Å²) in [6, 6.07) is 0. The Bertz CT molecular complexity index is 1290. The molecular formula is C23H30ClN7O5S. The highest BCUT2D eigenvalue weighted by molar-refractivity contribution is 7.91. The lowest BCUT2D eigenvalue weighted by atomic mass is 10.0. The van der Waals surface area contributed by atoms with E-state index in [1.54, 1.807) is 11.5 Å². The highest BCUT2D eigenvalue weighted by atomic mass is 35.5. The summed E-state index contributed by atoms with van der Waals surface area (Å²) in [6.45, 7) is 1.55. The van der Waals surface area contributed by atoms with E-state index in [-0.39, 0.29) is 23.4 Å². The minimum atomic E-state index is -3.85. The van der Waals surface area contributed by atoms with Crippen LogP contribution in [-0.2, 0) is 26.7 Å². The molecule has 3 aromatic heterocycles. The minimum absolute atomic E-state index is 0.193. The van der Waals surface area contributed by atoms with Crippen LogP contribution in [0, 0.1) is 5.92 Å². The lowest BCUT2D eigenvalue weighted by Crippen LogP contribution is -2.30. The van der Waals surface area contributed by atoms with E-state index in [1.165, 1.54) is 40.1 Å². The molecule has 0 N–H and O–H groups in total. The maximum absolute atomic E-state index is 13.7. The van der Waals surface area contributed by atoms with Gasteiger partial charge >= 0.3 is 0 Å². The number of ether oxygens (including phenoxy) is 3. The number of aromatic nitrogens is 7. The molecule has 3 aromatic rings. The first-order chi connectivity index (χ1) is 17.8. The molecule has 0 aliphatic heterocycles. The minimum Gasteiger partial charge on any atom is -0.479 e. The van der Waals surface area contributed by atoms with Gasteiger partial charge < -0.3 is 14.2 Å². The van der Waals surface area contributed by atoms with Gasteiger partial charge in [-0.2, -0.15) is 9.97 Å². The van der Waals surface area contributed by atoms with Crippen LogP contribution in [0.4, 0.5) is 0 Å². The summed E-state index contributed by atoms with van der Waals surface area (Å²) in [6.07, 6.45) is 8.29. The van der Waals surface area contributed by atoms with E-state index >= 15 is 0 Å². The van der Waals surface area contributed by atoms with Gasteiger partial charge in [0.15, 0.2) is 27.2 Å². The van der Waals surface area contributed by atoms with Crippen molar-refractivity contribution in [1.82, 2.24) is 34.7 Å². The third-order valence-electron chi connectivity index (χ3n) is 6.58. The van der Waals surface area contributed by atoms with Gasteiger partial charge in [0.25, 0.3) is 0 Å². The maximum Gasteiger partial charge on any atom is 0.245 e. The van der Waals surface area contributed by atoms with E-state index in [9.17, 15) is 8.42 Å². The van der Waals surface area contributed by atoms with Crippen molar-refractivity contribution < 1.29 is 22.6 Å². The van der Waals surface area contributed by atoms with Crippen LogP contribution >= 0.6 is 11.6 Å². The Labute approximate surface area is 220 Å². The fraction of sp³-hybridized carbons (Fsp3) is 0.565. The van der Waals surface area contributed by atoms with Crippen molar-refractivity contribution in [2.45, 2.75) is 56.1 Å². The summed E-state index contributed by atoms with van der Waals surface area (Å²) in [5.41, 5.74) is 0.354. The molecule has 1 aliphatic rings. The van der Waals surface area contributed by atoms with Crippen molar-refractivity contribution in [1.29, 1.82) is 0 Å². The molecule has 3 heterocycles. The fourth-order valence-electron chi connectivity index (χ4n) is 4.62. The van der Waals surface area contributed by atoms with Crippen LogP contribution in [0.1, 0.15) is 56.2 Å². The second-order valence-electron chi connectivity index (χ2n) is 8.89. The van der Waals surface area contributed by atoms with E-state index < -0.39 is 26.9 Å². The largest absolute Gasteiger partial charge is 0.479 e. The molecule has 1 aliphatic carbocycles. The van der Waals surface area contributed by atoms with Crippen LogP contribution in [0.15, 0.2) is 18.7 Å². The molecule has 200 valence electrons. The van der Waals surface area contributed by atoms with Crippen LogP contribution in [0.2, 0.25) is 5.02 Å². The first-order valence-corrected chi connectivity index (χ1v) is 14.0. The van der Waals surface area contributed by atoms with Gasteiger partial charge in [0.1, 0.15) is 24.0 Å². The Morgan fingerprint density at radius 1 is 1.00 bits per heavy atom. The monoisotopic (exact) mass is 551 g/mol. The van der Waals surface area contributed by atoms with Gasteiger partial charge in [-0.1, -0.05) is 37.3 Å². The van der Waals surface area contributed by atoms with Crippen molar-refractivity contribution >= 4 is 21.4 Å². The average Bonchev–Trinajstić information content (AvgIpc) is 3.55. The first kappa shape index (κ1) is 27.1. The Morgan fingerprint density at radius 3 is 2.16 bits per heavy atom. The second-order valence-corrected chi connectivity index (χ2v) is 11.7. The maximum atomic E-state index is 13.7. The van der Waals surface area contributed by atoms with Gasteiger partial charge in [0.2, 0.25) is 11.8 Å². The molecule has 1 saturated carbocycles. The van der Waals surface area contributed by atoms with Crippen molar-refractivity contribution in [3.8, 4) is 17.4 Å². The third-order valence-corrected chi connectivity index (χ3v) is 8.82. The molecule has 0 amide bonds. The Balaban J connectivity index is 1.75. The van der Waals surface area contributed by atoms with Crippen molar-refractivity contribution in [3.63, 3.8) is 0 Å². The second kappa shape index (κ2) is 11.7. The number of hydrogen-bond donors (Lipinski definition) is 0. The molecule has 4 rings (SSSR count). The highest BCUT2D eigenvalue weighted by Crippen LogP contribution is 2.34. The van der Waals surface area contributed by atoms with E-state index in [1.807, 2.05) is 0 Å². The molecule has 2 atom stereocenters. The van der Waals surface area contributed by atoms with Crippen molar-refractivity contribution in [2.24, 2.45) is 5.92 Å². The molecule has 0 spiro atoms. The van der Waals surface area contributed by atoms with Crippen molar-refractivity contribution in [3.05, 3.63) is 41.2 Å². The number of rotatable bonds is 11. The molecule has 37 heavy (non-hydrogen) atoms. The number of nitrogens with zero attached hydrogens (tertiary/aromatic N) is 7. The zero-order valence-corrected chi connectivity index (χ0v) is 22.7. The summed E-state index contributed by atoms with van der Waals surface area (Å²) < 4.78 is 45.4. The van der Waals surface area contributed by atoms with Gasteiger partial charge in [-0.3, -0.25) is 4.57 Å². The average molecular weight is 552 g/mol. The predicted molar refractivity (Wildman–Crippen MR) is 135 cm³/mol. The fourth-order valence-corrected chi connectivity index (χ4v) is 6.14. The van der Waals surface area contributed by atoms with Crippen LogP contribution in [0.5, 0.6) is 11.8 Å². The summed E-state index contributed by atoms with van der Waals surface area (Å²) in [7, 11) is 0.505. The molecule has 12 nitrogen and oxygen atoms in total. The quantitative estimate of drug-likeness (QED) is 0.346. The molecule has 0 aromatic carbocycles. The molecule has 0 unspecified atom stereocenters. The normalized spacial score (nSPS) is 16.0. The molecule has 1 fully saturated rings. The van der Waals surface area contributed by atoms with Crippen LogP contribution in [0.3, 0.4) is 0 Å². The van der Waals surface area contributed by atoms with Gasteiger partial charge in [0, 0.05) is 25.9 Å². The van der Waals surface area contributed by atoms with E-state index in [2.05, 4.69) is 30.1 Å². The van der Waals surface area contributed by atoms with Crippen LogP contribution in [0.25, 0.3) is 5.69 Å². The van der Waals surface area contributed by atoms with Crippen LogP contribution in [-0.4, -0.2) is 69.7 Å². The number of hydrogen-bond acceptors (Lipinski definition) is 11. The van der Waals surface area contributed by atoms with Gasteiger partial charge in [-0.05, 0) is 12.8 Å². The standard InChI is InChI=1S/C23H30ClN7O5S/c1-14(20(34-2)21-25-10-16(24)11-26-21)37(32,33)12-18-30-29-17(9-15-7-5-6-8-15)31(18)19-22(35-3)27-13-28-23(19)36-4/h10-11,13-15,20H,5-9,12H2,1-4H3/t14-,20-/m0/s1. The highest BCUT2D eigenvalue weighted by Gasteiger charge is 2.35. The zero-order chi connectivity index (χ0) is 26.6. The number of halogens is 1. The third kappa shape index (κ3) is 5.83. The summed E-state index contributed by atoms with van der Waals surface area (Å²) in [5.74, 6) is 1.43. The molecule has 0 radical (unpaired) electrons. The first-order valence-electron chi connectivity index (χ1n) is 11.9. The van der Waals surface area contributed by atoms with Crippen LogP contribution < -0.4 is 9.47 Å². The Hall–Kier alpha value is -2.90. The predicted octanol–water partition coefficient (Wildman–Crippen LogP) is 2.94. The Kier molecular flexibility index (Phi) is 8.55. The summed E-state index contributed by atoms with van der Waals surface area (Å²) in [5, 5.41) is 8.03. The Morgan fingerprint density at radius 2 is 1.59 bits per heavy atom. The molecular weight excluding hydrogens is 522 g/mol. The molecule has 0 bridgehead atoms. The number of methoxy groups -OCH3 is 3. The molecule has 0 saturated heterocycles. The van der Waals surface area contributed by atoms with E-state index in [4.69, 9.17) is 25.8 Å². The zero-order valence-electron chi connectivity index (χ0n) is 21.2. The van der Waals surface area contributed by atoms with Crippen molar-refractivity contribution in [2.75, 3.05) is 21.3 Å². The van der Waals surface area contributed by atoms with E-state index in [0.29, 0.717) is 28.9 Å². The smallest absolute Gasteiger partial charge is 0.245 e. The topological polar surface area (TPSA) is 144 Å². The SMILES string of the molecule is COc1ncnc(OC)c1-n1c(CC2CCCC2)nnc1CS(=O)(=O)[C@@H](C)[C@H](OC)c1ncc(Cl)cn1. The number of sulfone groups is 1. The summed E-state index contributed by atoms with van der Waals surface area (Å²) >= 11 is 5.89. The van der Waals surface area contributed by atoms with Gasteiger partial charge in [-0.25, -0.2) is 18.4 Å². The van der Waals surface area contributed by atoms with Gasteiger partial charge in [-0.15, -0.1) is 10.2 Å². The van der Waals surface area contributed by atoms with E-state index in [0.717, 1.165) is 25.7 Å². The summed E-state index contributed by atoms with van der Waals surface area (Å²) in [4.78, 5) is 16.7.